The van der Waals surface area contributed by atoms with E-state index in [1.165, 1.54) is 17.4 Å². The van der Waals surface area contributed by atoms with Crippen LogP contribution in [0.5, 0.6) is 0 Å². The smallest absolute Gasteiger partial charge is 0.256 e. The predicted octanol–water partition coefficient (Wildman–Crippen LogP) is -0.727. The normalized spacial score (nSPS) is 11.7. The molecule has 0 fully saturated rings. The molecule has 0 saturated carbocycles. The van der Waals surface area contributed by atoms with Crippen molar-refractivity contribution in [3.05, 3.63) is 12.4 Å². The van der Waals surface area contributed by atoms with E-state index in [1.54, 1.807) is 21.1 Å². The SMILES string of the molecule is CNc1ncc(S(=O)(=O)NN(C)C)cn1. The molecule has 0 unspecified atom stereocenters. The van der Waals surface area contributed by atoms with Crippen molar-refractivity contribution in [3.63, 3.8) is 0 Å². The quantitative estimate of drug-likeness (QED) is 0.665. The first-order valence-electron chi connectivity index (χ1n) is 4.15. The number of nitrogens with zero attached hydrogens (tertiary/aromatic N) is 3. The first-order valence-corrected chi connectivity index (χ1v) is 5.63. The standard InChI is InChI=1S/C7H13N5O2S/c1-8-7-9-4-6(5-10-7)15(13,14)11-12(2)3/h4-5,11H,1-3H3,(H,8,9,10). The number of rotatable bonds is 4. The van der Waals surface area contributed by atoms with Crippen LogP contribution < -0.4 is 10.1 Å². The molecule has 0 bridgehead atoms. The summed E-state index contributed by atoms with van der Waals surface area (Å²) in [6.07, 6.45) is 2.48. The fraction of sp³-hybridized carbons (Fsp3) is 0.429. The first kappa shape index (κ1) is 11.8. The van der Waals surface area contributed by atoms with Gasteiger partial charge in [0.15, 0.2) is 0 Å². The summed E-state index contributed by atoms with van der Waals surface area (Å²) < 4.78 is 23.2. The molecule has 0 aliphatic heterocycles. The van der Waals surface area contributed by atoms with Crippen molar-refractivity contribution in [1.29, 1.82) is 0 Å². The number of hydrogen-bond acceptors (Lipinski definition) is 6. The average molecular weight is 231 g/mol. The van der Waals surface area contributed by atoms with E-state index in [0.29, 0.717) is 5.95 Å². The lowest BCUT2D eigenvalue weighted by Crippen LogP contribution is -2.36. The Bertz CT molecular complexity index is 414. The third kappa shape index (κ3) is 3.11. The molecule has 1 aromatic heterocycles. The van der Waals surface area contributed by atoms with Crippen molar-refractivity contribution >= 4 is 16.0 Å². The van der Waals surface area contributed by atoms with E-state index < -0.39 is 10.0 Å². The fourth-order valence-electron chi connectivity index (χ4n) is 0.877. The zero-order chi connectivity index (χ0) is 11.5. The Kier molecular flexibility index (Phi) is 3.56. The Morgan fingerprint density at radius 1 is 1.27 bits per heavy atom. The molecule has 0 amide bonds. The van der Waals surface area contributed by atoms with Crippen LogP contribution in [0.15, 0.2) is 17.3 Å². The van der Waals surface area contributed by atoms with Gasteiger partial charge in [-0.15, -0.1) is 4.83 Å². The molecule has 0 atom stereocenters. The summed E-state index contributed by atoms with van der Waals surface area (Å²) in [6.45, 7) is 0. The highest BCUT2D eigenvalue weighted by atomic mass is 32.2. The Balaban J connectivity index is 2.96. The molecule has 84 valence electrons. The van der Waals surface area contributed by atoms with Gasteiger partial charge in [0.1, 0.15) is 4.90 Å². The summed E-state index contributed by atoms with van der Waals surface area (Å²) in [5.41, 5.74) is 0. The van der Waals surface area contributed by atoms with Crippen LogP contribution in [-0.2, 0) is 10.0 Å². The summed E-state index contributed by atoms with van der Waals surface area (Å²) in [6, 6.07) is 0. The van der Waals surface area contributed by atoms with Gasteiger partial charge in [-0.3, -0.25) is 0 Å². The summed E-state index contributed by atoms with van der Waals surface area (Å²) >= 11 is 0. The molecule has 1 rings (SSSR count). The number of nitrogens with one attached hydrogen (secondary N) is 2. The maximum absolute atomic E-state index is 11.6. The van der Waals surface area contributed by atoms with E-state index in [0.717, 1.165) is 0 Å². The summed E-state index contributed by atoms with van der Waals surface area (Å²) in [5, 5.41) is 4.03. The molecule has 0 aromatic carbocycles. The van der Waals surface area contributed by atoms with Crippen molar-refractivity contribution in [1.82, 2.24) is 19.8 Å². The highest BCUT2D eigenvalue weighted by Crippen LogP contribution is 2.06. The van der Waals surface area contributed by atoms with Crippen molar-refractivity contribution in [2.75, 3.05) is 26.5 Å². The van der Waals surface area contributed by atoms with Crippen LogP contribution in [0, 0.1) is 0 Å². The van der Waals surface area contributed by atoms with E-state index in [1.807, 2.05) is 0 Å². The third-order valence-corrected chi connectivity index (χ3v) is 2.90. The molecule has 0 radical (unpaired) electrons. The fourth-order valence-corrected chi connectivity index (χ4v) is 1.85. The van der Waals surface area contributed by atoms with E-state index in [9.17, 15) is 8.42 Å². The van der Waals surface area contributed by atoms with Gasteiger partial charge in [-0.2, -0.15) is 0 Å². The molecule has 1 heterocycles. The van der Waals surface area contributed by atoms with Crippen molar-refractivity contribution < 1.29 is 8.42 Å². The van der Waals surface area contributed by atoms with Crippen molar-refractivity contribution in [2.24, 2.45) is 0 Å². The minimum Gasteiger partial charge on any atom is -0.357 e. The lowest BCUT2D eigenvalue weighted by atomic mass is 10.7. The van der Waals surface area contributed by atoms with Gasteiger partial charge in [0.25, 0.3) is 10.0 Å². The summed E-state index contributed by atoms with van der Waals surface area (Å²) in [7, 11) is 1.26. The van der Waals surface area contributed by atoms with Gasteiger partial charge in [-0.1, -0.05) is 0 Å². The zero-order valence-electron chi connectivity index (χ0n) is 8.72. The van der Waals surface area contributed by atoms with Crippen LogP contribution in [0.4, 0.5) is 5.95 Å². The van der Waals surface area contributed by atoms with Gasteiger partial charge in [0.05, 0.1) is 12.4 Å². The van der Waals surface area contributed by atoms with E-state index >= 15 is 0 Å². The second-order valence-corrected chi connectivity index (χ2v) is 4.64. The largest absolute Gasteiger partial charge is 0.357 e. The van der Waals surface area contributed by atoms with Crippen LogP contribution in [0.3, 0.4) is 0 Å². The van der Waals surface area contributed by atoms with Gasteiger partial charge in [-0.05, 0) is 0 Å². The molecule has 0 saturated heterocycles. The van der Waals surface area contributed by atoms with Crippen LogP contribution in [0.2, 0.25) is 0 Å². The molecule has 8 heteroatoms. The lowest BCUT2D eigenvalue weighted by molar-refractivity contribution is 0.364. The van der Waals surface area contributed by atoms with Gasteiger partial charge < -0.3 is 5.32 Å². The highest BCUT2D eigenvalue weighted by Gasteiger charge is 2.15. The molecule has 0 aliphatic carbocycles. The second-order valence-electron chi connectivity index (χ2n) is 2.98. The molecule has 7 nitrogen and oxygen atoms in total. The monoisotopic (exact) mass is 231 g/mol. The Hall–Kier alpha value is -1.25. The lowest BCUT2D eigenvalue weighted by Gasteiger charge is -2.11. The summed E-state index contributed by atoms with van der Waals surface area (Å²) in [5.74, 6) is 0.374. The summed E-state index contributed by atoms with van der Waals surface area (Å²) in [4.78, 5) is 9.92. The number of anilines is 1. The zero-order valence-corrected chi connectivity index (χ0v) is 9.54. The number of hydrogen-bond donors (Lipinski definition) is 2. The van der Waals surface area contributed by atoms with Crippen LogP contribution in [0.25, 0.3) is 0 Å². The number of sulfonamides is 1. The van der Waals surface area contributed by atoms with Crippen LogP contribution in [0.1, 0.15) is 0 Å². The average Bonchev–Trinajstić information content (AvgIpc) is 2.16. The van der Waals surface area contributed by atoms with E-state index in [4.69, 9.17) is 0 Å². The minimum atomic E-state index is -3.56. The Morgan fingerprint density at radius 3 is 2.20 bits per heavy atom. The molecular weight excluding hydrogens is 218 g/mol. The van der Waals surface area contributed by atoms with Crippen molar-refractivity contribution in [2.45, 2.75) is 4.90 Å². The highest BCUT2D eigenvalue weighted by molar-refractivity contribution is 7.89. The molecule has 0 aliphatic rings. The Labute approximate surface area is 88.6 Å². The predicted molar refractivity (Wildman–Crippen MR) is 55.6 cm³/mol. The van der Waals surface area contributed by atoms with Gasteiger partial charge in [0, 0.05) is 21.1 Å². The van der Waals surface area contributed by atoms with Gasteiger partial charge in [-0.25, -0.2) is 23.4 Å². The first-order chi connectivity index (χ1) is 6.95. The van der Waals surface area contributed by atoms with Crippen LogP contribution in [-0.4, -0.2) is 44.5 Å². The molecule has 1 aromatic rings. The third-order valence-electron chi connectivity index (χ3n) is 1.46. The van der Waals surface area contributed by atoms with E-state index in [-0.39, 0.29) is 4.90 Å². The Morgan fingerprint density at radius 2 is 1.80 bits per heavy atom. The maximum Gasteiger partial charge on any atom is 0.256 e. The van der Waals surface area contributed by atoms with Crippen LogP contribution >= 0.6 is 0 Å². The number of aromatic nitrogens is 2. The maximum atomic E-state index is 11.6. The van der Waals surface area contributed by atoms with Gasteiger partial charge >= 0.3 is 0 Å². The molecular formula is C7H13N5O2S. The molecule has 2 N–H and O–H groups in total. The topological polar surface area (TPSA) is 87.2 Å². The van der Waals surface area contributed by atoms with Gasteiger partial charge in [0.2, 0.25) is 5.95 Å². The second kappa shape index (κ2) is 4.51. The number of hydrazine groups is 1. The van der Waals surface area contributed by atoms with E-state index in [2.05, 4.69) is 20.1 Å². The van der Waals surface area contributed by atoms with Crippen molar-refractivity contribution in [3.8, 4) is 0 Å². The molecule has 0 spiro atoms. The molecule has 15 heavy (non-hydrogen) atoms. The minimum absolute atomic E-state index is 0.0233.